The maximum atomic E-state index is 13.5. The number of nitrogens with zero attached hydrogens (tertiary/aromatic N) is 1. The van der Waals surface area contributed by atoms with E-state index in [0.717, 1.165) is 42.6 Å². The molecular formula is C19H27FN4S. The van der Waals surface area contributed by atoms with Gasteiger partial charge in [-0.2, -0.15) is 5.10 Å². The number of benzene rings is 1. The van der Waals surface area contributed by atoms with Crippen molar-refractivity contribution < 1.29 is 4.39 Å². The molecule has 0 amide bonds. The predicted octanol–water partition coefficient (Wildman–Crippen LogP) is 4.70. The smallest absolute Gasteiger partial charge is 0.123 e. The lowest BCUT2D eigenvalue weighted by Crippen LogP contribution is -2.30. The maximum Gasteiger partial charge on any atom is 0.123 e. The Labute approximate surface area is 153 Å². The second-order valence-corrected chi connectivity index (χ2v) is 7.51. The van der Waals surface area contributed by atoms with Gasteiger partial charge in [0.25, 0.3) is 0 Å². The van der Waals surface area contributed by atoms with Gasteiger partial charge < -0.3 is 0 Å². The first-order valence-electron chi connectivity index (χ1n) is 9.14. The molecule has 25 heavy (non-hydrogen) atoms. The van der Waals surface area contributed by atoms with Crippen LogP contribution in [0.2, 0.25) is 0 Å². The number of aromatic nitrogens is 2. The van der Waals surface area contributed by atoms with Gasteiger partial charge in [0.05, 0.1) is 5.69 Å². The van der Waals surface area contributed by atoms with Gasteiger partial charge >= 0.3 is 0 Å². The van der Waals surface area contributed by atoms with Gasteiger partial charge in [-0.25, -0.2) is 9.11 Å². The zero-order valence-electron chi connectivity index (χ0n) is 14.9. The van der Waals surface area contributed by atoms with E-state index in [1.165, 1.54) is 24.6 Å². The molecule has 1 aromatic carbocycles. The minimum Gasteiger partial charge on any atom is -0.281 e. The Morgan fingerprint density at radius 1 is 1.28 bits per heavy atom. The number of hydrogen-bond acceptors (Lipinski definition) is 4. The molecule has 1 fully saturated rings. The van der Waals surface area contributed by atoms with Gasteiger partial charge in [-0.1, -0.05) is 19.1 Å². The lowest BCUT2D eigenvalue weighted by molar-refractivity contribution is 0.375. The fourth-order valence-electron chi connectivity index (χ4n) is 3.50. The van der Waals surface area contributed by atoms with Gasteiger partial charge in [0.15, 0.2) is 0 Å². The Bertz CT molecular complexity index is 680. The number of H-pyrrole nitrogens is 1. The molecule has 2 aromatic rings. The predicted molar refractivity (Wildman–Crippen MR) is 103 cm³/mol. The lowest BCUT2D eigenvalue weighted by atomic mass is 9.83. The highest BCUT2D eigenvalue weighted by Crippen LogP contribution is 2.36. The third kappa shape index (κ3) is 4.63. The molecule has 136 valence electrons. The molecule has 0 saturated heterocycles. The first kappa shape index (κ1) is 18.4. The molecule has 1 aromatic heterocycles. The van der Waals surface area contributed by atoms with Crippen LogP contribution >= 0.6 is 12.1 Å². The number of halogens is 1. The highest BCUT2D eigenvalue weighted by molar-refractivity contribution is 7.95. The Balaban J connectivity index is 1.59. The van der Waals surface area contributed by atoms with Crippen LogP contribution in [0.15, 0.2) is 24.3 Å². The van der Waals surface area contributed by atoms with Crippen molar-refractivity contribution in [1.29, 1.82) is 0 Å². The van der Waals surface area contributed by atoms with E-state index >= 15 is 0 Å². The molecule has 0 aliphatic heterocycles. The molecule has 0 atom stereocenters. The van der Waals surface area contributed by atoms with E-state index in [2.05, 4.69) is 33.5 Å². The first-order chi connectivity index (χ1) is 12.2. The Hall–Kier alpha value is -1.37. The van der Waals surface area contributed by atoms with Crippen molar-refractivity contribution in [2.45, 2.75) is 57.9 Å². The second kappa shape index (κ2) is 8.83. The van der Waals surface area contributed by atoms with Gasteiger partial charge in [-0.15, -0.1) is 0 Å². The summed E-state index contributed by atoms with van der Waals surface area (Å²) in [4.78, 5) is 0. The molecule has 3 rings (SSSR count). The summed E-state index contributed by atoms with van der Waals surface area (Å²) in [5, 5.41) is 7.70. The molecule has 0 spiro atoms. The second-order valence-electron chi connectivity index (χ2n) is 6.78. The number of hydrogen-bond donors (Lipinski definition) is 3. The standard InChI is InChI=1S/C19H27FN4S/c1-3-11-21-25-24-17-9-7-14(8-10-17)18-13(2)19(23-22-18)15-5-4-6-16(20)12-15/h4-6,12,14,17,21,24H,3,7-11H2,1-2H3,(H,22,23). The van der Waals surface area contributed by atoms with E-state index in [-0.39, 0.29) is 5.82 Å². The first-order valence-corrected chi connectivity index (χ1v) is 9.95. The van der Waals surface area contributed by atoms with E-state index < -0.39 is 0 Å². The van der Waals surface area contributed by atoms with Crippen molar-refractivity contribution >= 4 is 12.1 Å². The van der Waals surface area contributed by atoms with Crippen LogP contribution in [0.5, 0.6) is 0 Å². The average Bonchev–Trinajstić information content (AvgIpc) is 3.01. The Morgan fingerprint density at radius 2 is 2.08 bits per heavy atom. The molecule has 1 aliphatic rings. The SMILES string of the molecule is CCCNSNC1CCC(c2[nH]nc(-c3cccc(F)c3)c2C)CC1. The van der Waals surface area contributed by atoms with Crippen molar-refractivity contribution in [1.82, 2.24) is 19.6 Å². The van der Waals surface area contributed by atoms with E-state index in [1.807, 2.05) is 6.07 Å². The molecule has 0 radical (unpaired) electrons. The van der Waals surface area contributed by atoms with Crippen LogP contribution in [-0.2, 0) is 0 Å². The quantitative estimate of drug-likeness (QED) is 0.493. The van der Waals surface area contributed by atoms with Crippen LogP contribution in [0.25, 0.3) is 11.3 Å². The van der Waals surface area contributed by atoms with Gasteiger partial charge in [0.1, 0.15) is 5.82 Å². The summed E-state index contributed by atoms with van der Waals surface area (Å²) in [5.74, 6) is 0.295. The van der Waals surface area contributed by atoms with Crippen LogP contribution in [0.3, 0.4) is 0 Å². The molecule has 1 heterocycles. The van der Waals surface area contributed by atoms with Gasteiger partial charge in [-0.05, 0) is 56.7 Å². The Morgan fingerprint density at radius 3 is 2.80 bits per heavy atom. The average molecular weight is 363 g/mol. The number of rotatable bonds is 7. The van der Waals surface area contributed by atoms with Crippen LogP contribution in [-0.4, -0.2) is 22.8 Å². The summed E-state index contributed by atoms with van der Waals surface area (Å²) in [6, 6.07) is 7.23. The monoisotopic (exact) mass is 362 g/mol. The van der Waals surface area contributed by atoms with E-state index in [4.69, 9.17) is 0 Å². The lowest BCUT2D eigenvalue weighted by Gasteiger charge is -2.28. The molecule has 6 heteroatoms. The van der Waals surface area contributed by atoms with Crippen molar-refractivity contribution in [3.8, 4) is 11.3 Å². The molecule has 1 aliphatic carbocycles. The topological polar surface area (TPSA) is 52.7 Å². The summed E-state index contributed by atoms with van der Waals surface area (Å²) >= 11 is 1.63. The van der Waals surface area contributed by atoms with Gasteiger partial charge in [0, 0.05) is 41.9 Å². The number of aromatic amines is 1. The third-order valence-corrected chi connectivity index (χ3v) is 5.73. The van der Waals surface area contributed by atoms with E-state index in [1.54, 1.807) is 24.3 Å². The fourth-order valence-corrected chi connectivity index (χ4v) is 4.30. The van der Waals surface area contributed by atoms with Crippen molar-refractivity contribution in [3.05, 3.63) is 41.3 Å². The van der Waals surface area contributed by atoms with Crippen LogP contribution in [0, 0.1) is 12.7 Å². The summed E-state index contributed by atoms with van der Waals surface area (Å²) in [6.45, 7) is 5.29. The normalized spacial score (nSPS) is 20.8. The van der Waals surface area contributed by atoms with Crippen molar-refractivity contribution in [2.24, 2.45) is 0 Å². The highest BCUT2D eigenvalue weighted by atomic mass is 32.2. The van der Waals surface area contributed by atoms with Crippen LogP contribution < -0.4 is 9.44 Å². The minimum atomic E-state index is -0.220. The van der Waals surface area contributed by atoms with Gasteiger partial charge in [0.2, 0.25) is 0 Å². The largest absolute Gasteiger partial charge is 0.281 e. The summed E-state index contributed by atoms with van der Waals surface area (Å²) in [6.07, 6.45) is 5.78. The molecule has 0 unspecified atom stereocenters. The molecule has 3 N–H and O–H groups in total. The maximum absolute atomic E-state index is 13.5. The molecular weight excluding hydrogens is 335 g/mol. The van der Waals surface area contributed by atoms with E-state index in [9.17, 15) is 4.39 Å². The molecule has 0 bridgehead atoms. The highest BCUT2D eigenvalue weighted by Gasteiger charge is 2.26. The summed E-state index contributed by atoms with van der Waals surface area (Å²) < 4.78 is 20.3. The summed E-state index contributed by atoms with van der Waals surface area (Å²) in [7, 11) is 0. The zero-order chi connectivity index (χ0) is 17.6. The summed E-state index contributed by atoms with van der Waals surface area (Å²) in [5.41, 5.74) is 4.08. The number of nitrogens with one attached hydrogen (secondary N) is 3. The third-order valence-electron chi connectivity index (χ3n) is 4.93. The van der Waals surface area contributed by atoms with E-state index in [0.29, 0.717) is 12.0 Å². The van der Waals surface area contributed by atoms with Crippen LogP contribution in [0.1, 0.15) is 56.2 Å². The van der Waals surface area contributed by atoms with Crippen LogP contribution in [0.4, 0.5) is 4.39 Å². The van der Waals surface area contributed by atoms with Crippen molar-refractivity contribution in [2.75, 3.05) is 6.54 Å². The molecule has 1 saturated carbocycles. The molecule has 4 nitrogen and oxygen atoms in total. The Kier molecular flexibility index (Phi) is 6.51. The van der Waals surface area contributed by atoms with Gasteiger partial charge in [-0.3, -0.25) is 9.82 Å². The zero-order valence-corrected chi connectivity index (χ0v) is 15.8. The fraction of sp³-hybridized carbons (Fsp3) is 0.526. The van der Waals surface area contributed by atoms with Crippen molar-refractivity contribution in [3.63, 3.8) is 0 Å². The minimum absolute atomic E-state index is 0.220.